The first kappa shape index (κ1) is 27.7. The quantitative estimate of drug-likeness (QED) is 0.489. The van der Waals surface area contributed by atoms with E-state index in [1.54, 1.807) is 20.8 Å². The highest BCUT2D eigenvalue weighted by atomic mass is 32.2. The maximum atomic E-state index is 15.1. The Morgan fingerprint density at radius 1 is 1.26 bits per heavy atom. The van der Waals surface area contributed by atoms with Gasteiger partial charge in [-0.15, -0.1) is 0 Å². The predicted molar refractivity (Wildman–Crippen MR) is 132 cm³/mol. The molecule has 3 N–H and O–H groups in total. The molecular weight excluding hydrogens is 533 g/mol. The molecule has 1 amide bonds. The second-order valence-corrected chi connectivity index (χ2v) is 12.7. The summed E-state index contributed by atoms with van der Waals surface area (Å²) >= 11 is 0. The number of hydrogen-bond donors (Lipinski definition) is 2. The predicted octanol–water partition coefficient (Wildman–Crippen LogP) is 4.36. The molecule has 0 fully saturated rings. The van der Waals surface area contributed by atoms with Crippen LogP contribution in [-0.2, 0) is 15.3 Å². The molecule has 0 bridgehead atoms. The van der Waals surface area contributed by atoms with Crippen molar-refractivity contribution < 1.29 is 35.7 Å². The molecule has 38 heavy (non-hydrogen) atoms. The number of fused-ring (bicyclic) bond motifs is 1. The molecule has 0 aliphatic carbocycles. The monoisotopic (exact) mass is 559 g/mol. The van der Waals surface area contributed by atoms with Gasteiger partial charge in [-0.2, -0.15) is 8.78 Å². The average molecular weight is 560 g/mol. The van der Waals surface area contributed by atoms with Gasteiger partial charge in [-0.1, -0.05) is 0 Å². The molecular formula is C24H26F5N5O3S. The molecule has 2 aliphatic rings. The van der Waals surface area contributed by atoms with E-state index in [0.29, 0.717) is 13.0 Å². The number of aromatic nitrogens is 1. The fourth-order valence-electron chi connectivity index (χ4n) is 4.53. The normalized spacial score (nSPS) is 26.3. The van der Waals surface area contributed by atoms with Gasteiger partial charge in [-0.05, 0) is 57.5 Å². The van der Waals surface area contributed by atoms with Gasteiger partial charge in [0, 0.05) is 17.8 Å². The lowest BCUT2D eigenvalue weighted by Crippen LogP contribution is -2.58. The first-order valence-electron chi connectivity index (χ1n) is 11.5. The Kier molecular flexibility index (Phi) is 6.91. The molecule has 0 saturated heterocycles. The first-order chi connectivity index (χ1) is 17.6. The van der Waals surface area contributed by atoms with Crippen molar-refractivity contribution in [1.82, 2.24) is 4.98 Å². The van der Waals surface area contributed by atoms with E-state index >= 15 is 4.39 Å². The third-order valence-electron chi connectivity index (χ3n) is 6.88. The van der Waals surface area contributed by atoms with Gasteiger partial charge in [-0.25, -0.2) is 26.7 Å². The number of pyridine rings is 1. The Morgan fingerprint density at radius 3 is 2.61 bits per heavy atom. The van der Waals surface area contributed by atoms with E-state index in [1.165, 1.54) is 12.1 Å². The number of ether oxygens (including phenoxy) is 1. The van der Waals surface area contributed by atoms with Crippen molar-refractivity contribution in [2.24, 2.45) is 15.1 Å². The maximum Gasteiger partial charge on any atom is 0.340 e. The zero-order valence-corrected chi connectivity index (χ0v) is 21.5. The van der Waals surface area contributed by atoms with Crippen LogP contribution in [0.2, 0.25) is 0 Å². The van der Waals surface area contributed by atoms with Gasteiger partial charge in [0.15, 0.2) is 6.61 Å². The van der Waals surface area contributed by atoms with Gasteiger partial charge < -0.3 is 15.8 Å². The van der Waals surface area contributed by atoms with Crippen molar-refractivity contribution >= 4 is 27.2 Å². The minimum Gasteiger partial charge on any atom is -0.485 e. The molecule has 8 nitrogen and oxygen atoms in total. The number of rotatable bonds is 7. The smallest absolute Gasteiger partial charge is 0.340 e. The minimum absolute atomic E-state index is 0.0836. The average Bonchev–Trinajstić information content (AvgIpc) is 3.28. The van der Waals surface area contributed by atoms with Crippen molar-refractivity contribution in [3.8, 4) is 5.75 Å². The molecule has 3 heterocycles. The molecule has 2 aliphatic heterocycles. The number of anilines is 1. The number of amidine groups is 1. The van der Waals surface area contributed by atoms with Gasteiger partial charge in [0.2, 0.25) is 0 Å². The zero-order chi connectivity index (χ0) is 28.1. The number of carbonyl (C=O) groups excluding carboxylic acids is 1. The van der Waals surface area contributed by atoms with Gasteiger partial charge in [0.25, 0.3) is 5.91 Å². The fraction of sp³-hybridized carbons (Fsp3) is 0.458. The number of aliphatic imine (C=N–C) groups is 1. The molecule has 206 valence electrons. The second-order valence-electron chi connectivity index (χ2n) is 9.73. The Morgan fingerprint density at radius 2 is 1.97 bits per heavy atom. The van der Waals surface area contributed by atoms with Crippen LogP contribution >= 0.6 is 0 Å². The third kappa shape index (κ3) is 4.58. The van der Waals surface area contributed by atoms with E-state index in [4.69, 9.17) is 5.73 Å². The van der Waals surface area contributed by atoms with Crippen molar-refractivity contribution in [3.63, 3.8) is 0 Å². The van der Waals surface area contributed by atoms with Crippen LogP contribution in [0.25, 0.3) is 0 Å². The number of alkyl halides is 4. The van der Waals surface area contributed by atoms with Gasteiger partial charge in [-0.3, -0.25) is 9.79 Å². The van der Waals surface area contributed by atoms with Crippen LogP contribution in [0, 0.1) is 5.82 Å². The summed E-state index contributed by atoms with van der Waals surface area (Å²) in [5.74, 6) is -5.82. The van der Waals surface area contributed by atoms with Crippen LogP contribution in [0.4, 0.5) is 27.6 Å². The van der Waals surface area contributed by atoms with Crippen LogP contribution in [-0.4, -0.2) is 56.4 Å². The fourth-order valence-corrected chi connectivity index (χ4v) is 7.70. The highest BCUT2D eigenvalue weighted by Crippen LogP contribution is 2.48. The van der Waals surface area contributed by atoms with E-state index in [9.17, 15) is 26.6 Å². The van der Waals surface area contributed by atoms with Crippen LogP contribution in [0.3, 0.4) is 0 Å². The molecule has 3 atom stereocenters. The van der Waals surface area contributed by atoms with Crippen molar-refractivity contribution in [3.05, 3.63) is 53.6 Å². The zero-order valence-electron chi connectivity index (χ0n) is 20.7. The maximum absolute atomic E-state index is 15.1. The summed E-state index contributed by atoms with van der Waals surface area (Å²) in [4.78, 5) is 21.1. The molecule has 1 unspecified atom stereocenters. The minimum atomic E-state index is -4.34. The number of benzene rings is 1. The highest BCUT2D eigenvalue weighted by molar-refractivity contribution is 7.96. The Labute approximate surface area is 216 Å². The largest absolute Gasteiger partial charge is 0.485 e. The summed E-state index contributed by atoms with van der Waals surface area (Å²) < 4.78 is 87.7. The van der Waals surface area contributed by atoms with E-state index in [0.717, 1.165) is 24.4 Å². The number of nitrogens with zero attached hydrogens (tertiary/aromatic N) is 3. The lowest BCUT2D eigenvalue weighted by molar-refractivity contribution is -0.148. The molecule has 2 aromatic rings. The molecule has 0 radical (unpaired) electrons. The summed E-state index contributed by atoms with van der Waals surface area (Å²) in [5.41, 5.74) is 5.02. The second kappa shape index (κ2) is 9.47. The lowest BCUT2D eigenvalue weighted by Gasteiger charge is -2.44. The Bertz CT molecular complexity index is 1410. The van der Waals surface area contributed by atoms with Crippen LogP contribution in [0.5, 0.6) is 5.75 Å². The van der Waals surface area contributed by atoms with E-state index in [1.807, 2.05) is 0 Å². The van der Waals surface area contributed by atoms with Gasteiger partial charge in [0.1, 0.15) is 33.4 Å². The van der Waals surface area contributed by atoms with E-state index in [2.05, 4.69) is 24.4 Å². The molecule has 1 aromatic heterocycles. The molecule has 0 spiro atoms. The summed E-state index contributed by atoms with van der Waals surface area (Å²) in [6.07, 6.45) is -2.53. The van der Waals surface area contributed by atoms with Gasteiger partial charge >= 0.3 is 12.3 Å². The summed E-state index contributed by atoms with van der Waals surface area (Å²) in [6.45, 7) is 3.82. The molecule has 14 heteroatoms. The van der Waals surface area contributed by atoms with Crippen LogP contribution < -0.4 is 15.8 Å². The summed E-state index contributed by atoms with van der Waals surface area (Å²) in [7, 11) is -2.89. The molecule has 4 rings (SSSR count). The molecule has 0 saturated carbocycles. The number of halogens is 5. The third-order valence-corrected chi connectivity index (χ3v) is 10.6. The summed E-state index contributed by atoms with van der Waals surface area (Å²) in [6, 6.07) is 6.12. The Balaban J connectivity index is 1.57. The first-order valence-corrected chi connectivity index (χ1v) is 13.1. The SMILES string of the molecule is CC1(C)C(N)=N[C@](C)(c2cc(NC(=O)c3ccc(OCC(F)(F)C(F)F)cn3)ccc2F)[C@@H]2CCN=S21=O. The van der Waals surface area contributed by atoms with Crippen molar-refractivity contribution in [2.75, 3.05) is 18.5 Å². The van der Waals surface area contributed by atoms with E-state index in [-0.39, 0.29) is 28.5 Å². The summed E-state index contributed by atoms with van der Waals surface area (Å²) in [5, 5.41) is 1.96. The number of carbonyl (C=O) groups is 1. The number of nitrogens with two attached hydrogens (primary N) is 1. The van der Waals surface area contributed by atoms with Gasteiger partial charge in [0.05, 0.1) is 21.2 Å². The molecule has 1 aromatic carbocycles. The Hall–Kier alpha value is -3.29. The van der Waals surface area contributed by atoms with Crippen LogP contribution in [0.15, 0.2) is 45.9 Å². The number of hydrogen-bond acceptors (Lipinski definition) is 7. The number of amides is 1. The number of nitrogens with one attached hydrogen (secondary N) is 1. The van der Waals surface area contributed by atoms with Crippen LogP contribution in [0.1, 0.15) is 43.2 Å². The van der Waals surface area contributed by atoms with E-state index < -0.39 is 55.9 Å². The lowest BCUT2D eigenvalue weighted by atomic mass is 9.85. The topological polar surface area (TPSA) is 119 Å². The standard InChI is InChI=1S/C24H26F5N5O3S/c1-22(2)21(30)34-23(3,18-8-9-32-38(18,22)36)15-10-13(4-6-16(15)25)33-19(35)17-7-5-14(11-31-17)37-12-24(28,29)20(26)27/h4-7,10-11,18,20H,8-9,12H2,1-3H3,(H2,30,34)(H,33,35)/t18-,23+,38?/m0/s1. The van der Waals surface area contributed by atoms with Crippen molar-refractivity contribution in [1.29, 1.82) is 0 Å². The van der Waals surface area contributed by atoms with Crippen molar-refractivity contribution in [2.45, 2.75) is 55.1 Å². The highest BCUT2D eigenvalue weighted by Gasteiger charge is 2.56.